The Balaban J connectivity index is 1.67. The lowest BCUT2D eigenvalue weighted by Crippen LogP contribution is -2.44. The summed E-state index contributed by atoms with van der Waals surface area (Å²) >= 11 is 12.1. The molecule has 1 N–H and O–H groups in total. The van der Waals surface area contributed by atoms with Crippen LogP contribution in [0.1, 0.15) is 17.3 Å². The van der Waals surface area contributed by atoms with Gasteiger partial charge >= 0.3 is 6.03 Å². The minimum Gasteiger partial charge on any atom is -0.348 e. The Kier molecular flexibility index (Phi) is 4.62. The molecule has 1 aromatic heterocycles. The van der Waals surface area contributed by atoms with Crippen LogP contribution in [0.2, 0.25) is 10.0 Å². The standard InChI is InChI=1S/C20H17Cl2N3O/c21-15-8-6-14(7-9-15)19-18-5-2-10-24(18)11-12-25(19)20(26)23-17-4-1-3-16(22)13-17/h1-10,13,19H,11-12H2,(H,23,26). The molecule has 0 fully saturated rings. The van der Waals surface area contributed by atoms with Gasteiger partial charge in [-0.25, -0.2) is 4.79 Å². The molecule has 4 nitrogen and oxygen atoms in total. The number of hydrogen-bond acceptors (Lipinski definition) is 1. The normalized spacial score (nSPS) is 16.2. The Morgan fingerprint density at radius 1 is 0.962 bits per heavy atom. The van der Waals surface area contributed by atoms with Crippen LogP contribution >= 0.6 is 23.2 Å². The van der Waals surface area contributed by atoms with Gasteiger partial charge < -0.3 is 14.8 Å². The first-order valence-electron chi connectivity index (χ1n) is 8.35. The number of amides is 2. The zero-order valence-electron chi connectivity index (χ0n) is 13.9. The number of nitrogens with one attached hydrogen (secondary N) is 1. The van der Waals surface area contributed by atoms with Crippen molar-refractivity contribution in [2.45, 2.75) is 12.6 Å². The van der Waals surface area contributed by atoms with Crippen LogP contribution in [0.5, 0.6) is 0 Å². The summed E-state index contributed by atoms with van der Waals surface area (Å²) < 4.78 is 2.18. The van der Waals surface area contributed by atoms with Crippen molar-refractivity contribution in [3.63, 3.8) is 0 Å². The van der Waals surface area contributed by atoms with Crippen LogP contribution in [0.15, 0.2) is 66.9 Å². The second-order valence-corrected chi connectivity index (χ2v) is 7.09. The topological polar surface area (TPSA) is 37.3 Å². The van der Waals surface area contributed by atoms with Crippen molar-refractivity contribution in [3.05, 3.63) is 88.2 Å². The van der Waals surface area contributed by atoms with E-state index in [0.29, 0.717) is 22.3 Å². The van der Waals surface area contributed by atoms with Crippen LogP contribution < -0.4 is 5.32 Å². The molecular weight excluding hydrogens is 369 g/mol. The van der Waals surface area contributed by atoms with Crippen LogP contribution in [0.4, 0.5) is 10.5 Å². The average Bonchev–Trinajstić information content (AvgIpc) is 3.10. The molecule has 1 aliphatic heterocycles. The third kappa shape index (κ3) is 3.30. The molecule has 2 heterocycles. The smallest absolute Gasteiger partial charge is 0.322 e. The monoisotopic (exact) mass is 385 g/mol. The maximum absolute atomic E-state index is 13.0. The predicted molar refractivity (Wildman–Crippen MR) is 105 cm³/mol. The zero-order valence-corrected chi connectivity index (χ0v) is 15.4. The van der Waals surface area contributed by atoms with Gasteiger partial charge in [0, 0.05) is 40.7 Å². The highest BCUT2D eigenvalue weighted by molar-refractivity contribution is 6.31. The molecular formula is C20H17Cl2N3O. The van der Waals surface area contributed by atoms with Gasteiger partial charge in [0.15, 0.2) is 0 Å². The number of halogens is 2. The highest BCUT2D eigenvalue weighted by Gasteiger charge is 2.32. The van der Waals surface area contributed by atoms with Gasteiger partial charge in [0.1, 0.15) is 0 Å². The van der Waals surface area contributed by atoms with E-state index >= 15 is 0 Å². The van der Waals surface area contributed by atoms with Crippen molar-refractivity contribution >= 4 is 34.9 Å². The SMILES string of the molecule is O=C(Nc1cccc(Cl)c1)N1CCn2cccc2C1c1ccc(Cl)cc1. The summed E-state index contributed by atoms with van der Waals surface area (Å²) in [6.07, 6.45) is 2.05. The predicted octanol–water partition coefficient (Wildman–Crippen LogP) is 5.43. The summed E-state index contributed by atoms with van der Waals surface area (Å²) in [4.78, 5) is 14.8. The number of nitrogens with zero attached hydrogens (tertiary/aromatic N) is 2. The molecule has 132 valence electrons. The molecule has 1 aliphatic rings. The lowest BCUT2D eigenvalue weighted by atomic mass is 10.0. The van der Waals surface area contributed by atoms with Gasteiger partial charge in [-0.05, 0) is 48.0 Å². The fraction of sp³-hybridized carbons (Fsp3) is 0.150. The van der Waals surface area contributed by atoms with E-state index in [1.54, 1.807) is 12.1 Å². The molecule has 0 saturated heterocycles. The van der Waals surface area contributed by atoms with Crippen LogP contribution in [0.3, 0.4) is 0 Å². The first-order chi connectivity index (χ1) is 12.6. The number of carbonyl (C=O) groups excluding carboxylic acids is 1. The highest BCUT2D eigenvalue weighted by Crippen LogP contribution is 2.33. The number of carbonyl (C=O) groups is 1. The number of anilines is 1. The highest BCUT2D eigenvalue weighted by atomic mass is 35.5. The minimum absolute atomic E-state index is 0.153. The van der Waals surface area contributed by atoms with Gasteiger partial charge in [-0.1, -0.05) is 41.4 Å². The molecule has 2 aromatic carbocycles. The fourth-order valence-electron chi connectivity index (χ4n) is 3.36. The van der Waals surface area contributed by atoms with Gasteiger partial charge in [-0.15, -0.1) is 0 Å². The second-order valence-electron chi connectivity index (χ2n) is 6.21. The number of hydrogen-bond donors (Lipinski definition) is 1. The Bertz CT molecular complexity index is 936. The van der Waals surface area contributed by atoms with Crippen molar-refractivity contribution in [1.82, 2.24) is 9.47 Å². The molecule has 0 saturated carbocycles. The van der Waals surface area contributed by atoms with E-state index in [4.69, 9.17) is 23.2 Å². The zero-order chi connectivity index (χ0) is 18.1. The summed E-state index contributed by atoms with van der Waals surface area (Å²) in [6, 6.07) is 18.5. The van der Waals surface area contributed by atoms with E-state index in [2.05, 4.69) is 16.0 Å². The van der Waals surface area contributed by atoms with E-state index in [0.717, 1.165) is 17.8 Å². The number of urea groups is 1. The summed E-state index contributed by atoms with van der Waals surface area (Å²) in [6.45, 7) is 1.37. The number of benzene rings is 2. The Labute approximate surface area is 161 Å². The van der Waals surface area contributed by atoms with Gasteiger partial charge in [0.25, 0.3) is 0 Å². The molecule has 26 heavy (non-hydrogen) atoms. The molecule has 0 spiro atoms. The lowest BCUT2D eigenvalue weighted by Gasteiger charge is -2.37. The Hall–Kier alpha value is -2.43. The first kappa shape index (κ1) is 17.0. The molecule has 6 heteroatoms. The molecule has 3 aromatic rings. The number of rotatable bonds is 2. The van der Waals surface area contributed by atoms with Crippen molar-refractivity contribution in [1.29, 1.82) is 0 Å². The summed E-state index contributed by atoms with van der Waals surface area (Å²) in [5, 5.41) is 4.22. The first-order valence-corrected chi connectivity index (χ1v) is 9.11. The average molecular weight is 386 g/mol. The van der Waals surface area contributed by atoms with Crippen molar-refractivity contribution in [3.8, 4) is 0 Å². The van der Waals surface area contributed by atoms with Crippen LogP contribution in [0, 0.1) is 0 Å². The van der Waals surface area contributed by atoms with Crippen molar-refractivity contribution in [2.24, 2.45) is 0 Å². The molecule has 1 atom stereocenters. The summed E-state index contributed by atoms with van der Waals surface area (Å²) in [5.41, 5.74) is 2.79. The lowest BCUT2D eigenvalue weighted by molar-refractivity contribution is 0.182. The Morgan fingerprint density at radius 2 is 1.77 bits per heavy atom. The minimum atomic E-state index is -0.171. The van der Waals surface area contributed by atoms with E-state index in [1.165, 1.54) is 0 Å². The van der Waals surface area contributed by atoms with Crippen molar-refractivity contribution < 1.29 is 4.79 Å². The molecule has 0 radical (unpaired) electrons. The summed E-state index contributed by atoms with van der Waals surface area (Å²) in [5.74, 6) is 0. The molecule has 0 bridgehead atoms. The van der Waals surface area contributed by atoms with Crippen LogP contribution in [-0.2, 0) is 6.54 Å². The molecule has 0 aliphatic carbocycles. The molecule has 2 amide bonds. The van der Waals surface area contributed by atoms with Gasteiger partial charge in [-0.3, -0.25) is 0 Å². The van der Waals surface area contributed by atoms with Gasteiger partial charge in [-0.2, -0.15) is 0 Å². The van der Waals surface area contributed by atoms with Crippen molar-refractivity contribution in [2.75, 3.05) is 11.9 Å². The maximum atomic E-state index is 13.0. The van der Waals surface area contributed by atoms with Gasteiger partial charge in [0.2, 0.25) is 0 Å². The second kappa shape index (κ2) is 7.06. The van der Waals surface area contributed by atoms with E-state index in [-0.39, 0.29) is 12.1 Å². The van der Waals surface area contributed by atoms with E-state index in [1.807, 2.05) is 53.6 Å². The molecule has 4 rings (SSSR count). The van der Waals surface area contributed by atoms with Gasteiger partial charge in [0.05, 0.1) is 6.04 Å². The Morgan fingerprint density at radius 3 is 2.54 bits per heavy atom. The third-order valence-electron chi connectivity index (χ3n) is 4.56. The molecule has 1 unspecified atom stereocenters. The maximum Gasteiger partial charge on any atom is 0.322 e. The summed E-state index contributed by atoms with van der Waals surface area (Å²) in [7, 11) is 0. The number of aromatic nitrogens is 1. The number of fused-ring (bicyclic) bond motifs is 1. The largest absolute Gasteiger partial charge is 0.348 e. The van der Waals surface area contributed by atoms with E-state index in [9.17, 15) is 4.79 Å². The third-order valence-corrected chi connectivity index (χ3v) is 5.05. The fourth-order valence-corrected chi connectivity index (χ4v) is 3.68. The van der Waals surface area contributed by atoms with Crippen LogP contribution in [-0.4, -0.2) is 22.0 Å². The van der Waals surface area contributed by atoms with Crippen LogP contribution in [0.25, 0.3) is 0 Å². The quantitative estimate of drug-likeness (QED) is 0.626. The van der Waals surface area contributed by atoms with E-state index < -0.39 is 0 Å².